The lowest BCUT2D eigenvalue weighted by Gasteiger charge is -2.11. The highest BCUT2D eigenvalue weighted by Gasteiger charge is 2.09. The van der Waals surface area contributed by atoms with E-state index in [1.54, 1.807) is 5.38 Å². The number of carbonyl (C=O) groups is 1. The number of rotatable bonds is 5. The van der Waals surface area contributed by atoms with Crippen LogP contribution >= 0.6 is 11.3 Å². The van der Waals surface area contributed by atoms with Gasteiger partial charge in [-0.2, -0.15) is 0 Å². The molecule has 0 saturated carbocycles. The van der Waals surface area contributed by atoms with Crippen LogP contribution in [0.25, 0.3) is 5.70 Å². The molecule has 1 heterocycles. The summed E-state index contributed by atoms with van der Waals surface area (Å²) in [6, 6.07) is 7.86. The number of nitrogens with one attached hydrogen (secondary N) is 2. The second-order valence-corrected chi connectivity index (χ2v) is 4.85. The largest absolute Gasteiger partial charge is 0.388 e. The SMILES string of the molecule is C=C(Nc1nc(C(C)=O)cs1)c1ccccc1NC. The molecule has 98 valence electrons. The maximum atomic E-state index is 11.2. The average molecular weight is 273 g/mol. The minimum absolute atomic E-state index is 0.0365. The number of ketones is 1. The summed E-state index contributed by atoms with van der Waals surface area (Å²) < 4.78 is 0. The van der Waals surface area contributed by atoms with Crippen LogP contribution in [-0.4, -0.2) is 17.8 Å². The van der Waals surface area contributed by atoms with E-state index in [9.17, 15) is 4.79 Å². The molecule has 1 aromatic carbocycles. The van der Waals surface area contributed by atoms with Crippen molar-refractivity contribution in [2.45, 2.75) is 6.92 Å². The fourth-order valence-electron chi connectivity index (χ4n) is 1.65. The lowest BCUT2D eigenvalue weighted by atomic mass is 10.1. The Balaban J connectivity index is 2.18. The Morgan fingerprint density at radius 2 is 2.11 bits per heavy atom. The number of thiazole rings is 1. The molecule has 2 N–H and O–H groups in total. The molecule has 2 aromatic rings. The minimum Gasteiger partial charge on any atom is -0.388 e. The molecule has 0 radical (unpaired) electrons. The number of carbonyl (C=O) groups excluding carboxylic acids is 1. The zero-order chi connectivity index (χ0) is 13.8. The van der Waals surface area contributed by atoms with E-state index in [0.717, 1.165) is 16.9 Å². The van der Waals surface area contributed by atoms with Gasteiger partial charge in [0.25, 0.3) is 0 Å². The van der Waals surface area contributed by atoms with Crippen LogP contribution in [0.5, 0.6) is 0 Å². The molecule has 0 aliphatic heterocycles. The Bertz CT molecular complexity index is 619. The molecule has 0 unspecified atom stereocenters. The first-order valence-electron chi connectivity index (χ1n) is 5.81. The Morgan fingerprint density at radius 1 is 1.37 bits per heavy atom. The van der Waals surface area contributed by atoms with E-state index in [2.05, 4.69) is 22.2 Å². The minimum atomic E-state index is -0.0365. The monoisotopic (exact) mass is 273 g/mol. The van der Waals surface area contributed by atoms with E-state index in [0.29, 0.717) is 10.8 Å². The van der Waals surface area contributed by atoms with Gasteiger partial charge in [-0.1, -0.05) is 24.8 Å². The summed E-state index contributed by atoms with van der Waals surface area (Å²) >= 11 is 1.39. The summed E-state index contributed by atoms with van der Waals surface area (Å²) in [6.45, 7) is 5.52. The number of hydrogen-bond acceptors (Lipinski definition) is 5. The smallest absolute Gasteiger partial charge is 0.187 e. The molecule has 0 amide bonds. The van der Waals surface area contributed by atoms with Gasteiger partial charge in [-0.05, 0) is 6.07 Å². The van der Waals surface area contributed by atoms with Crippen molar-refractivity contribution in [1.29, 1.82) is 0 Å². The molecule has 0 aliphatic carbocycles. The summed E-state index contributed by atoms with van der Waals surface area (Å²) in [4.78, 5) is 15.4. The van der Waals surface area contributed by atoms with Gasteiger partial charge in [0.05, 0.1) is 0 Å². The number of benzene rings is 1. The van der Waals surface area contributed by atoms with E-state index in [-0.39, 0.29) is 5.78 Å². The van der Waals surface area contributed by atoms with E-state index in [1.165, 1.54) is 18.3 Å². The predicted octanol–water partition coefficient (Wildman–Crippen LogP) is 3.47. The highest BCUT2D eigenvalue weighted by atomic mass is 32.1. The summed E-state index contributed by atoms with van der Waals surface area (Å²) in [5.41, 5.74) is 3.18. The molecule has 2 rings (SSSR count). The zero-order valence-electron chi connectivity index (χ0n) is 10.9. The quantitative estimate of drug-likeness (QED) is 0.819. The molecule has 0 aliphatic rings. The first-order chi connectivity index (χ1) is 9.11. The lowest BCUT2D eigenvalue weighted by Crippen LogP contribution is -2.01. The number of para-hydroxylation sites is 1. The van der Waals surface area contributed by atoms with Gasteiger partial charge in [0.2, 0.25) is 0 Å². The number of hydrogen-bond donors (Lipinski definition) is 2. The molecule has 19 heavy (non-hydrogen) atoms. The van der Waals surface area contributed by atoms with E-state index in [1.807, 2.05) is 31.3 Å². The highest BCUT2D eigenvalue weighted by molar-refractivity contribution is 7.14. The van der Waals surface area contributed by atoms with Gasteiger partial charge < -0.3 is 10.6 Å². The summed E-state index contributed by atoms with van der Waals surface area (Å²) in [7, 11) is 1.86. The Kier molecular flexibility index (Phi) is 3.97. The first kappa shape index (κ1) is 13.3. The van der Waals surface area contributed by atoms with Crippen LogP contribution in [0.2, 0.25) is 0 Å². The standard InChI is InChI=1S/C14H15N3OS/c1-9(11-6-4-5-7-12(11)15-3)16-14-17-13(8-19-14)10(2)18/h4-8,15H,1H2,2-3H3,(H,16,17). The molecule has 1 aromatic heterocycles. The van der Waals surface area contributed by atoms with Crippen LogP contribution in [-0.2, 0) is 0 Å². The van der Waals surface area contributed by atoms with Crippen molar-refractivity contribution in [2.24, 2.45) is 0 Å². The third-order valence-electron chi connectivity index (χ3n) is 2.64. The lowest BCUT2D eigenvalue weighted by molar-refractivity contribution is 0.101. The van der Waals surface area contributed by atoms with Crippen molar-refractivity contribution in [3.05, 3.63) is 47.5 Å². The topological polar surface area (TPSA) is 54.0 Å². The second-order valence-electron chi connectivity index (χ2n) is 3.99. The Labute approximate surface area is 116 Å². The van der Waals surface area contributed by atoms with Crippen LogP contribution in [0.1, 0.15) is 23.0 Å². The first-order valence-corrected chi connectivity index (χ1v) is 6.69. The number of nitrogens with zero attached hydrogens (tertiary/aromatic N) is 1. The normalized spacial score (nSPS) is 10.0. The summed E-state index contributed by atoms with van der Waals surface area (Å²) in [5, 5.41) is 8.65. The van der Waals surface area contributed by atoms with Crippen molar-refractivity contribution in [2.75, 3.05) is 17.7 Å². The van der Waals surface area contributed by atoms with Gasteiger partial charge in [-0.15, -0.1) is 11.3 Å². The predicted molar refractivity (Wildman–Crippen MR) is 80.8 cm³/mol. The van der Waals surface area contributed by atoms with Crippen LogP contribution in [0, 0.1) is 0 Å². The fraction of sp³-hybridized carbons (Fsp3) is 0.143. The third-order valence-corrected chi connectivity index (χ3v) is 3.40. The Hall–Kier alpha value is -2.14. The van der Waals surface area contributed by atoms with Crippen molar-refractivity contribution < 1.29 is 4.79 Å². The van der Waals surface area contributed by atoms with Crippen molar-refractivity contribution in [1.82, 2.24) is 4.98 Å². The van der Waals surface area contributed by atoms with Gasteiger partial charge in [-0.25, -0.2) is 4.98 Å². The van der Waals surface area contributed by atoms with Crippen molar-refractivity contribution >= 4 is 33.6 Å². The fourth-order valence-corrected chi connectivity index (χ4v) is 2.43. The van der Waals surface area contributed by atoms with Crippen LogP contribution in [0.4, 0.5) is 10.8 Å². The zero-order valence-corrected chi connectivity index (χ0v) is 11.7. The van der Waals surface area contributed by atoms with Crippen LogP contribution < -0.4 is 10.6 Å². The molecule has 0 bridgehead atoms. The number of aromatic nitrogens is 1. The number of anilines is 2. The van der Waals surface area contributed by atoms with E-state index in [4.69, 9.17) is 0 Å². The molecule has 5 heteroatoms. The number of Topliss-reactive ketones (excluding diaryl/α,β-unsaturated/α-hetero) is 1. The van der Waals surface area contributed by atoms with Crippen LogP contribution in [0.3, 0.4) is 0 Å². The van der Waals surface area contributed by atoms with Gasteiger partial charge in [-0.3, -0.25) is 4.79 Å². The molecule has 0 spiro atoms. The molecular formula is C14H15N3OS. The van der Waals surface area contributed by atoms with Gasteiger partial charge in [0.1, 0.15) is 5.69 Å². The average Bonchev–Trinajstić information content (AvgIpc) is 2.87. The van der Waals surface area contributed by atoms with Gasteiger partial charge in [0, 0.05) is 36.3 Å². The van der Waals surface area contributed by atoms with Crippen molar-refractivity contribution in [3.8, 4) is 0 Å². The summed E-state index contributed by atoms with van der Waals surface area (Å²) in [5.74, 6) is -0.0365. The third kappa shape index (κ3) is 3.00. The maximum absolute atomic E-state index is 11.2. The highest BCUT2D eigenvalue weighted by Crippen LogP contribution is 2.25. The molecule has 4 nitrogen and oxygen atoms in total. The van der Waals surface area contributed by atoms with E-state index < -0.39 is 0 Å². The molecule has 0 saturated heterocycles. The van der Waals surface area contributed by atoms with Crippen LogP contribution in [0.15, 0.2) is 36.2 Å². The summed E-state index contributed by atoms with van der Waals surface area (Å²) in [6.07, 6.45) is 0. The van der Waals surface area contributed by atoms with Gasteiger partial charge >= 0.3 is 0 Å². The van der Waals surface area contributed by atoms with E-state index >= 15 is 0 Å². The molecule has 0 atom stereocenters. The second kappa shape index (κ2) is 5.67. The maximum Gasteiger partial charge on any atom is 0.187 e. The molecular weight excluding hydrogens is 258 g/mol. The van der Waals surface area contributed by atoms with Crippen molar-refractivity contribution in [3.63, 3.8) is 0 Å². The Morgan fingerprint density at radius 3 is 2.74 bits per heavy atom. The molecule has 0 fully saturated rings. The van der Waals surface area contributed by atoms with Gasteiger partial charge in [0.15, 0.2) is 10.9 Å².